The maximum absolute atomic E-state index is 14.5. The molecule has 0 aliphatic heterocycles. The van der Waals surface area contributed by atoms with Crippen molar-refractivity contribution < 1.29 is 78.4 Å². The van der Waals surface area contributed by atoms with Crippen molar-refractivity contribution in [1.82, 2.24) is 0 Å². The molecule has 0 N–H and O–H groups in total. The number of halogens is 6. The van der Waals surface area contributed by atoms with Gasteiger partial charge in [0.25, 0.3) is 0 Å². The zero-order chi connectivity index (χ0) is 49.9. The highest BCUT2D eigenvalue weighted by molar-refractivity contribution is 7.81. The van der Waals surface area contributed by atoms with E-state index in [1.165, 1.54) is 69.0 Å². The Morgan fingerprint density at radius 2 is 0.594 bits per heavy atom. The molecule has 6 aromatic carbocycles. The number of alkyl halides is 6. The highest BCUT2D eigenvalue weighted by Crippen LogP contribution is 2.49. The SMILES string of the molecule is COc1cccc(OC)c1P(c1cc(C(F)(F)F)ccc1COCOCOCc1ccc(C(F)(F)F)cc1P(c1c(OC)cccc1OC)c1c(OC)cccc1OC)c1c(OC)cccc1OC. The largest absolute Gasteiger partial charge is 0.496 e. The zero-order valence-electron chi connectivity index (χ0n) is 38.9. The van der Waals surface area contributed by atoms with Gasteiger partial charge in [0.2, 0.25) is 0 Å². The molecule has 0 atom stereocenters. The summed E-state index contributed by atoms with van der Waals surface area (Å²) < 4.78 is 151. The first-order valence-corrected chi connectivity index (χ1v) is 23.4. The lowest BCUT2D eigenvalue weighted by molar-refractivity contribution is -0.140. The molecule has 0 saturated heterocycles. The van der Waals surface area contributed by atoms with Crippen LogP contribution in [-0.4, -0.2) is 70.5 Å². The lowest BCUT2D eigenvalue weighted by atomic mass is 10.1. The summed E-state index contributed by atoms with van der Waals surface area (Å²) in [6, 6.07) is 27.1. The Bertz CT molecular complexity index is 2300. The standard InChI is InChI=1S/C50H50F6O11P2/c1-57-35-13-9-14-36(58-2)45(35)68(46-37(59-3)15-10-16-38(46)60-4)43-25-33(49(51,52)53)23-21-31(43)27-65-29-67-30-66-28-32-22-24-34(50(54,55)56)26-44(32)69(47-39(61-5)17-11-18-40(47)62-6)48-41(63-7)19-12-20-42(48)64-8/h9-26H,27-30H2,1-8H3. The fraction of sp³-hybridized carbons (Fsp3) is 0.280. The third-order valence-corrected chi connectivity index (χ3v) is 16.0. The molecule has 0 heterocycles. The first kappa shape index (κ1) is 52.4. The van der Waals surface area contributed by atoms with Crippen LogP contribution in [0.25, 0.3) is 0 Å². The second-order valence-corrected chi connectivity index (χ2v) is 18.6. The van der Waals surface area contributed by atoms with Gasteiger partial charge < -0.3 is 52.1 Å². The van der Waals surface area contributed by atoms with Crippen molar-refractivity contribution in [3.8, 4) is 46.0 Å². The van der Waals surface area contributed by atoms with Gasteiger partial charge in [-0.15, -0.1) is 0 Å². The topological polar surface area (TPSA) is 102 Å². The van der Waals surface area contributed by atoms with Gasteiger partial charge in [0.1, 0.15) is 59.6 Å². The van der Waals surface area contributed by atoms with Crippen LogP contribution in [0.3, 0.4) is 0 Å². The van der Waals surface area contributed by atoms with Crippen molar-refractivity contribution >= 4 is 47.7 Å². The summed E-state index contributed by atoms with van der Waals surface area (Å²) in [5, 5.41) is 2.34. The van der Waals surface area contributed by atoms with Crippen LogP contribution < -0.4 is 69.7 Å². The molecule has 69 heavy (non-hydrogen) atoms. The van der Waals surface area contributed by atoms with Crippen molar-refractivity contribution in [3.05, 3.63) is 131 Å². The molecule has 0 radical (unpaired) electrons. The fourth-order valence-electron chi connectivity index (χ4n) is 7.51. The average Bonchev–Trinajstić information content (AvgIpc) is 3.35. The number of ether oxygens (including phenoxy) is 11. The highest BCUT2D eigenvalue weighted by atomic mass is 31.1. The molecule has 0 spiro atoms. The summed E-state index contributed by atoms with van der Waals surface area (Å²) in [5.74, 6) is 2.82. The van der Waals surface area contributed by atoms with E-state index in [0.29, 0.717) is 78.3 Å². The predicted octanol–water partition coefficient (Wildman–Crippen LogP) is 8.97. The molecular formula is C50H50F6O11P2. The Labute approximate surface area is 398 Å². The van der Waals surface area contributed by atoms with Gasteiger partial charge in [0.05, 0.1) is 102 Å². The summed E-state index contributed by atoms with van der Waals surface area (Å²) in [6.07, 6.45) is -9.42. The molecule has 0 aromatic heterocycles. The van der Waals surface area contributed by atoms with Crippen LogP contribution in [0.1, 0.15) is 22.3 Å². The molecule has 11 nitrogen and oxygen atoms in total. The summed E-state index contributed by atoms with van der Waals surface area (Å²) in [5.41, 5.74) is -1.05. The molecule has 0 aliphatic rings. The highest BCUT2D eigenvalue weighted by Gasteiger charge is 2.38. The minimum Gasteiger partial charge on any atom is -0.496 e. The van der Waals surface area contributed by atoms with E-state index in [2.05, 4.69) is 0 Å². The van der Waals surface area contributed by atoms with Crippen molar-refractivity contribution in [3.63, 3.8) is 0 Å². The predicted molar refractivity (Wildman–Crippen MR) is 253 cm³/mol. The van der Waals surface area contributed by atoms with Crippen LogP contribution in [0, 0.1) is 0 Å². The number of benzene rings is 6. The van der Waals surface area contributed by atoms with Crippen molar-refractivity contribution in [2.45, 2.75) is 25.6 Å². The van der Waals surface area contributed by atoms with Gasteiger partial charge in [-0.05, 0) is 94.5 Å². The summed E-state index contributed by atoms with van der Waals surface area (Å²) in [7, 11) is 7.61. The minimum atomic E-state index is -4.71. The summed E-state index contributed by atoms with van der Waals surface area (Å²) in [4.78, 5) is 0. The quantitative estimate of drug-likeness (QED) is 0.0282. The van der Waals surface area contributed by atoms with E-state index in [4.69, 9.17) is 52.1 Å². The number of methoxy groups -OCH3 is 8. The molecule has 0 fully saturated rings. The molecule has 0 saturated carbocycles. The van der Waals surface area contributed by atoms with Crippen LogP contribution in [-0.2, 0) is 39.8 Å². The molecule has 19 heteroatoms. The smallest absolute Gasteiger partial charge is 0.416 e. The third kappa shape index (κ3) is 11.7. The van der Waals surface area contributed by atoms with E-state index < -0.39 is 52.9 Å². The van der Waals surface area contributed by atoms with Gasteiger partial charge in [-0.3, -0.25) is 0 Å². The van der Waals surface area contributed by atoms with Gasteiger partial charge in [-0.1, -0.05) is 36.4 Å². The summed E-state index contributed by atoms with van der Waals surface area (Å²) in [6.45, 7) is -1.23. The Kier molecular flexibility index (Phi) is 17.9. The van der Waals surface area contributed by atoms with Crippen molar-refractivity contribution in [2.75, 3.05) is 70.5 Å². The van der Waals surface area contributed by atoms with Crippen LogP contribution in [0.2, 0.25) is 0 Å². The second kappa shape index (κ2) is 23.6. The zero-order valence-corrected chi connectivity index (χ0v) is 40.7. The monoisotopic (exact) mass is 1000 g/mol. The molecule has 0 amide bonds. The van der Waals surface area contributed by atoms with E-state index in [1.807, 2.05) is 0 Å². The Morgan fingerprint density at radius 3 is 0.812 bits per heavy atom. The van der Waals surface area contributed by atoms with Gasteiger partial charge in [0, 0.05) is 15.8 Å². The first-order chi connectivity index (χ1) is 33.2. The van der Waals surface area contributed by atoms with E-state index in [-0.39, 0.29) is 23.8 Å². The maximum atomic E-state index is 14.5. The Balaban J connectivity index is 1.32. The molecule has 0 bridgehead atoms. The second-order valence-electron chi connectivity index (χ2n) is 14.5. The lowest BCUT2D eigenvalue weighted by Gasteiger charge is -2.28. The van der Waals surface area contributed by atoms with Gasteiger partial charge in [-0.25, -0.2) is 0 Å². The van der Waals surface area contributed by atoms with Gasteiger partial charge >= 0.3 is 12.4 Å². The van der Waals surface area contributed by atoms with Crippen LogP contribution >= 0.6 is 15.8 Å². The molecule has 6 aromatic rings. The first-order valence-electron chi connectivity index (χ1n) is 20.8. The fourth-order valence-corrected chi connectivity index (χ4v) is 13.4. The Morgan fingerprint density at radius 1 is 0.348 bits per heavy atom. The number of rotatable bonds is 22. The maximum Gasteiger partial charge on any atom is 0.416 e. The molecule has 0 unspecified atom stereocenters. The van der Waals surface area contributed by atoms with Crippen LogP contribution in [0.4, 0.5) is 26.3 Å². The summed E-state index contributed by atoms with van der Waals surface area (Å²) >= 11 is 0. The average molecular weight is 1000 g/mol. The van der Waals surface area contributed by atoms with Gasteiger partial charge in [0.15, 0.2) is 0 Å². The van der Waals surface area contributed by atoms with Crippen molar-refractivity contribution in [1.29, 1.82) is 0 Å². The number of hydrogen-bond donors (Lipinski definition) is 0. The molecule has 0 aliphatic carbocycles. The van der Waals surface area contributed by atoms with Crippen molar-refractivity contribution in [2.24, 2.45) is 0 Å². The van der Waals surface area contributed by atoms with Crippen LogP contribution in [0.15, 0.2) is 109 Å². The normalized spacial score (nSPS) is 11.7. The lowest BCUT2D eigenvalue weighted by Crippen LogP contribution is -2.29. The van der Waals surface area contributed by atoms with E-state index in [0.717, 1.165) is 24.3 Å². The van der Waals surface area contributed by atoms with Crippen LogP contribution in [0.5, 0.6) is 46.0 Å². The molecular weight excluding hydrogens is 952 g/mol. The number of hydrogen-bond acceptors (Lipinski definition) is 11. The molecule has 6 rings (SSSR count). The third-order valence-electron chi connectivity index (χ3n) is 10.7. The van der Waals surface area contributed by atoms with E-state index in [9.17, 15) is 26.3 Å². The van der Waals surface area contributed by atoms with E-state index >= 15 is 0 Å². The Hall–Kier alpha value is -5.96. The minimum absolute atomic E-state index is 0.226. The van der Waals surface area contributed by atoms with E-state index in [1.54, 1.807) is 72.8 Å². The van der Waals surface area contributed by atoms with Gasteiger partial charge in [-0.2, -0.15) is 26.3 Å². The molecule has 368 valence electrons.